The number of halogens is 1. The number of nitro groups is 1. The van der Waals surface area contributed by atoms with Crippen molar-refractivity contribution in [2.24, 2.45) is 0 Å². The average molecular weight is 345 g/mol. The fraction of sp³-hybridized carbons (Fsp3) is 0.176. The van der Waals surface area contributed by atoms with E-state index in [1.807, 2.05) is 12.1 Å². The number of para-hydroxylation sites is 1. The molecule has 3 rings (SSSR count). The van der Waals surface area contributed by atoms with Gasteiger partial charge in [0.05, 0.1) is 4.92 Å². The van der Waals surface area contributed by atoms with Crippen molar-refractivity contribution in [1.29, 1.82) is 0 Å². The summed E-state index contributed by atoms with van der Waals surface area (Å²) >= 11 is 5.86. The molecule has 122 valence electrons. The van der Waals surface area contributed by atoms with Gasteiger partial charge >= 0.3 is 0 Å². The smallest absolute Gasteiger partial charge is 0.278 e. The minimum Gasteiger partial charge on any atom is -0.278 e. The van der Waals surface area contributed by atoms with E-state index in [9.17, 15) is 19.7 Å². The van der Waals surface area contributed by atoms with Crippen molar-refractivity contribution in [3.63, 3.8) is 0 Å². The van der Waals surface area contributed by atoms with E-state index < -0.39 is 10.8 Å². The van der Waals surface area contributed by atoms with Gasteiger partial charge in [-0.2, -0.15) is 0 Å². The molecule has 24 heavy (non-hydrogen) atoms. The number of nitrogens with zero attached hydrogens (tertiary/aromatic N) is 2. The standard InChI is InChI=1S/C17H13ClN2O4/c18-13-7-5-11(6-8-13)12-9-16(21)19(10-12)17(22)14-3-1-2-4-15(14)20(23)24/h1-8,12H,9-10H2/t12-/m0/s1. The van der Waals surface area contributed by atoms with Crippen LogP contribution in [-0.4, -0.2) is 28.2 Å². The minimum absolute atomic E-state index is 0.0763. The Morgan fingerprint density at radius 1 is 1.17 bits per heavy atom. The molecule has 6 nitrogen and oxygen atoms in total. The van der Waals surface area contributed by atoms with Crippen LogP contribution < -0.4 is 0 Å². The third-order valence-corrected chi connectivity index (χ3v) is 4.29. The molecule has 2 aromatic carbocycles. The molecule has 1 aliphatic rings. The predicted molar refractivity (Wildman–Crippen MR) is 87.9 cm³/mol. The van der Waals surface area contributed by atoms with Crippen LogP contribution in [0.4, 0.5) is 5.69 Å². The number of imide groups is 1. The molecule has 2 aromatic rings. The van der Waals surface area contributed by atoms with E-state index >= 15 is 0 Å². The van der Waals surface area contributed by atoms with Gasteiger partial charge in [0.25, 0.3) is 11.6 Å². The first kappa shape index (κ1) is 16.1. The van der Waals surface area contributed by atoms with Crippen LogP contribution in [0.3, 0.4) is 0 Å². The highest BCUT2D eigenvalue weighted by Crippen LogP contribution is 2.31. The van der Waals surface area contributed by atoms with E-state index in [2.05, 4.69) is 0 Å². The van der Waals surface area contributed by atoms with Crippen LogP contribution in [0.5, 0.6) is 0 Å². The first-order valence-electron chi connectivity index (χ1n) is 7.31. The molecule has 2 amide bonds. The molecule has 1 fully saturated rings. The molecule has 0 unspecified atom stereocenters. The van der Waals surface area contributed by atoms with Gasteiger partial charge in [-0.25, -0.2) is 0 Å². The number of nitro benzene ring substituents is 1. The zero-order chi connectivity index (χ0) is 17.3. The van der Waals surface area contributed by atoms with E-state index in [0.717, 1.165) is 10.5 Å². The molecule has 7 heteroatoms. The van der Waals surface area contributed by atoms with Gasteiger partial charge in [0, 0.05) is 30.0 Å². The van der Waals surface area contributed by atoms with Crippen LogP contribution in [0, 0.1) is 10.1 Å². The summed E-state index contributed by atoms with van der Waals surface area (Å²) in [6.45, 7) is 0.200. The number of hydrogen-bond donors (Lipinski definition) is 0. The largest absolute Gasteiger partial charge is 0.282 e. The number of amides is 2. The summed E-state index contributed by atoms with van der Waals surface area (Å²) in [5.41, 5.74) is 0.531. The van der Waals surface area contributed by atoms with Crippen molar-refractivity contribution in [3.05, 3.63) is 74.8 Å². The highest BCUT2D eigenvalue weighted by atomic mass is 35.5. The van der Waals surface area contributed by atoms with E-state index in [4.69, 9.17) is 11.6 Å². The molecular weight excluding hydrogens is 332 g/mol. The van der Waals surface area contributed by atoms with Crippen LogP contribution in [0.2, 0.25) is 5.02 Å². The highest BCUT2D eigenvalue weighted by molar-refractivity contribution is 6.30. The highest BCUT2D eigenvalue weighted by Gasteiger charge is 2.37. The normalized spacial score (nSPS) is 17.1. The van der Waals surface area contributed by atoms with Crippen molar-refractivity contribution in [1.82, 2.24) is 4.90 Å². The molecule has 1 saturated heterocycles. The lowest BCUT2D eigenvalue weighted by atomic mass is 9.98. The number of likely N-dealkylation sites (tertiary alicyclic amines) is 1. The van der Waals surface area contributed by atoms with Crippen molar-refractivity contribution < 1.29 is 14.5 Å². The van der Waals surface area contributed by atoms with Gasteiger partial charge in [-0.3, -0.25) is 24.6 Å². The summed E-state index contributed by atoms with van der Waals surface area (Å²) in [7, 11) is 0. The first-order chi connectivity index (χ1) is 11.5. The first-order valence-corrected chi connectivity index (χ1v) is 7.68. The molecular formula is C17H13ClN2O4. The number of rotatable bonds is 3. The lowest BCUT2D eigenvalue weighted by molar-refractivity contribution is -0.385. The molecule has 0 spiro atoms. The Kier molecular flexibility index (Phi) is 4.31. The summed E-state index contributed by atoms with van der Waals surface area (Å²) in [6, 6.07) is 12.7. The molecule has 0 N–H and O–H groups in total. The third-order valence-electron chi connectivity index (χ3n) is 4.04. The zero-order valence-corrected chi connectivity index (χ0v) is 13.3. The third kappa shape index (κ3) is 3.00. The van der Waals surface area contributed by atoms with Crippen molar-refractivity contribution in [2.45, 2.75) is 12.3 Å². The van der Waals surface area contributed by atoms with Crippen LogP contribution >= 0.6 is 11.6 Å². The summed E-state index contributed by atoms with van der Waals surface area (Å²) in [5.74, 6) is -1.11. The molecule has 0 bridgehead atoms. The van der Waals surface area contributed by atoms with Gasteiger partial charge in [-0.15, -0.1) is 0 Å². The van der Waals surface area contributed by atoms with E-state index in [1.54, 1.807) is 12.1 Å². The quantitative estimate of drug-likeness (QED) is 0.485. The number of carbonyl (C=O) groups is 2. The molecule has 0 saturated carbocycles. The second-order valence-electron chi connectivity index (χ2n) is 5.54. The lowest BCUT2D eigenvalue weighted by Crippen LogP contribution is -2.32. The van der Waals surface area contributed by atoms with Gasteiger partial charge in [-0.1, -0.05) is 35.9 Å². The lowest BCUT2D eigenvalue weighted by Gasteiger charge is -2.15. The Hall–Kier alpha value is -2.73. The Bertz CT molecular complexity index is 820. The maximum Gasteiger partial charge on any atom is 0.282 e. The second kappa shape index (κ2) is 6.41. The van der Waals surface area contributed by atoms with Crippen LogP contribution in [0.25, 0.3) is 0 Å². The van der Waals surface area contributed by atoms with Crippen LogP contribution in [0.15, 0.2) is 48.5 Å². The Morgan fingerprint density at radius 2 is 1.83 bits per heavy atom. The van der Waals surface area contributed by atoms with Gasteiger partial charge in [0.1, 0.15) is 5.56 Å². The van der Waals surface area contributed by atoms with Gasteiger partial charge in [-0.05, 0) is 23.8 Å². The van der Waals surface area contributed by atoms with Gasteiger partial charge in [0.15, 0.2) is 0 Å². The van der Waals surface area contributed by atoms with Crippen molar-refractivity contribution >= 4 is 29.1 Å². The predicted octanol–water partition coefficient (Wildman–Crippen LogP) is 3.40. The summed E-state index contributed by atoms with van der Waals surface area (Å²) in [4.78, 5) is 36.4. The molecule has 0 aromatic heterocycles. The molecule has 1 atom stereocenters. The van der Waals surface area contributed by atoms with Crippen molar-refractivity contribution in [3.8, 4) is 0 Å². The Balaban J connectivity index is 1.85. The monoisotopic (exact) mass is 344 g/mol. The van der Waals surface area contributed by atoms with E-state index in [0.29, 0.717) is 5.02 Å². The van der Waals surface area contributed by atoms with Crippen molar-refractivity contribution in [2.75, 3.05) is 6.54 Å². The Labute approximate surface area is 142 Å². The maximum absolute atomic E-state index is 12.6. The molecule has 1 heterocycles. The fourth-order valence-corrected chi connectivity index (χ4v) is 2.95. The SMILES string of the molecule is O=C1C[C@H](c2ccc(Cl)cc2)CN1C(=O)c1ccccc1[N+](=O)[O-]. The number of carbonyl (C=O) groups excluding carboxylic acids is 2. The fourth-order valence-electron chi connectivity index (χ4n) is 2.82. The van der Waals surface area contributed by atoms with Crippen LogP contribution in [0.1, 0.15) is 28.3 Å². The maximum atomic E-state index is 12.6. The van der Waals surface area contributed by atoms with Crippen LogP contribution in [-0.2, 0) is 4.79 Å². The van der Waals surface area contributed by atoms with Gasteiger partial charge < -0.3 is 0 Å². The zero-order valence-electron chi connectivity index (χ0n) is 12.5. The molecule has 0 aliphatic carbocycles. The summed E-state index contributed by atoms with van der Waals surface area (Å²) in [5, 5.41) is 11.7. The number of benzene rings is 2. The van der Waals surface area contributed by atoms with E-state index in [-0.39, 0.29) is 36.0 Å². The second-order valence-corrected chi connectivity index (χ2v) is 5.97. The molecule has 0 radical (unpaired) electrons. The number of hydrogen-bond acceptors (Lipinski definition) is 4. The van der Waals surface area contributed by atoms with Gasteiger partial charge in [0.2, 0.25) is 5.91 Å². The minimum atomic E-state index is -0.635. The molecule has 1 aliphatic heterocycles. The Morgan fingerprint density at radius 3 is 2.50 bits per heavy atom. The average Bonchev–Trinajstić information content (AvgIpc) is 2.96. The summed E-state index contributed by atoms with van der Waals surface area (Å²) < 4.78 is 0. The topological polar surface area (TPSA) is 80.5 Å². The summed E-state index contributed by atoms with van der Waals surface area (Å²) in [6.07, 6.45) is 0.188. The van der Waals surface area contributed by atoms with E-state index in [1.165, 1.54) is 24.3 Å².